The number of benzene rings is 2. The van der Waals surface area contributed by atoms with Gasteiger partial charge >= 0.3 is 0 Å². The molecule has 4 rings (SSSR count). The second-order valence-electron chi connectivity index (χ2n) is 8.97. The largest absolute Gasteiger partial charge is 0.489 e. The van der Waals surface area contributed by atoms with E-state index >= 15 is 4.39 Å². The Bertz CT molecular complexity index is 888. The van der Waals surface area contributed by atoms with Crippen molar-refractivity contribution in [1.82, 2.24) is 0 Å². The summed E-state index contributed by atoms with van der Waals surface area (Å²) in [5.74, 6) is 2.14. The van der Waals surface area contributed by atoms with Gasteiger partial charge in [0.25, 0.3) is 0 Å². The molecule has 0 bridgehead atoms. The van der Waals surface area contributed by atoms with Crippen LogP contribution in [0, 0.1) is 29.4 Å². The Hall–Kier alpha value is -1.90. The highest BCUT2D eigenvalue weighted by molar-refractivity contribution is 5.86. The predicted octanol–water partition coefficient (Wildman–Crippen LogP) is 7.78. The molecule has 0 N–H and O–H groups in total. The summed E-state index contributed by atoms with van der Waals surface area (Å²) in [6.07, 6.45) is 12.2. The maximum absolute atomic E-state index is 15.4. The molecule has 2 fully saturated rings. The summed E-state index contributed by atoms with van der Waals surface area (Å²) < 4.78 is 35.7. The molecule has 0 saturated heterocycles. The van der Waals surface area contributed by atoms with Gasteiger partial charge in [-0.1, -0.05) is 44.1 Å². The van der Waals surface area contributed by atoms with Crippen molar-refractivity contribution in [3.8, 4) is 5.75 Å². The van der Waals surface area contributed by atoms with Crippen LogP contribution in [-0.4, -0.2) is 6.61 Å². The summed E-state index contributed by atoms with van der Waals surface area (Å²) >= 11 is 0. The SMILES string of the molecule is C/C=C/COc1cc(F)c2c(F)c([C@@H]3CC[C@@H]4CC(CC)CCC4C3)ccc2c1. The third-order valence-corrected chi connectivity index (χ3v) is 7.33. The lowest BCUT2D eigenvalue weighted by Crippen LogP contribution is -2.30. The molecule has 2 aromatic rings. The molecule has 4 atom stereocenters. The zero-order chi connectivity index (χ0) is 20.4. The van der Waals surface area contributed by atoms with Gasteiger partial charge in [-0.25, -0.2) is 8.78 Å². The summed E-state index contributed by atoms with van der Waals surface area (Å²) in [4.78, 5) is 0. The Morgan fingerprint density at radius 2 is 1.83 bits per heavy atom. The Labute approximate surface area is 173 Å². The summed E-state index contributed by atoms with van der Waals surface area (Å²) in [7, 11) is 0. The molecule has 2 aromatic carbocycles. The van der Waals surface area contributed by atoms with Gasteiger partial charge in [0.2, 0.25) is 0 Å². The highest BCUT2D eigenvalue weighted by atomic mass is 19.1. The average Bonchev–Trinajstić information content (AvgIpc) is 2.73. The molecule has 156 valence electrons. The molecule has 2 unspecified atom stereocenters. The molecule has 0 aromatic heterocycles. The van der Waals surface area contributed by atoms with E-state index in [0.29, 0.717) is 29.2 Å². The summed E-state index contributed by atoms with van der Waals surface area (Å²) in [6.45, 7) is 4.59. The number of allylic oxidation sites excluding steroid dienone is 1. The van der Waals surface area contributed by atoms with Crippen molar-refractivity contribution in [1.29, 1.82) is 0 Å². The molecule has 2 aliphatic rings. The maximum atomic E-state index is 15.4. The number of rotatable bonds is 5. The number of halogens is 2. The Morgan fingerprint density at radius 1 is 1.03 bits per heavy atom. The van der Waals surface area contributed by atoms with E-state index in [4.69, 9.17) is 4.74 Å². The molecular weight excluding hydrogens is 366 g/mol. The first kappa shape index (κ1) is 20.4. The smallest absolute Gasteiger partial charge is 0.137 e. The van der Waals surface area contributed by atoms with Crippen molar-refractivity contribution in [2.75, 3.05) is 6.61 Å². The second-order valence-corrected chi connectivity index (χ2v) is 8.97. The second kappa shape index (κ2) is 8.85. The third kappa shape index (κ3) is 4.20. The number of ether oxygens (including phenoxy) is 1. The molecule has 0 radical (unpaired) electrons. The van der Waals surface area contributed by atoms with Gasteiger partial charge in [-0.05, 0) is 79.7 Å². The van der Waals surface area contributed by atoms with Gasteiger partial charge in [0.1, 0.15) is 24.0 Å². The number of fused-ring (bicyclic) bond motifs is 2. The average molecular weight is 399 g/mol. The fourth-order valence-electron chi connectivity index (χ4n) is 5.64. The van der Waals surface area contributed by atoms with Crippen molar-refractivity contribution in [3.05, 3.63) is 53.6 Å². The molecule has 3 heteroatoms. The van der Waals surface area contributed by atoms with Crippen LogP contribution in [0.4, 0.5) is 8.78 Å². The minimum Gasteiger partial charge on any atom is -0.489 e. The molecule has 0 aliphatic heterocycles. The fourth-order valence-corrected chi connectivity index (χ4v) is 5.64. The van der Waals surface area contributed by atoms with Crippen LogP contribution in [0.3, 0.4) is 0 Å². The standard InChI is InChI=1S/C26H32F2O/c1-3-5-12-29-22-15-21-10-11-23(26(28)25(21)24(27)16-22)20-9-8-18-13-17(4-2)6-7-19(18)14-20/h3,5,10-11,15-20H,4,6-9,12-14H2,1-2H3/b5-3+/t17?,18-,19?,20-/m1/s1. The molecule has 0 amide bonds. The first-order chi connectivity index (χ1) is 14.1. The van der Waals surface area contributed by atoms with Crippen molar-refractivity contribution < 1.29 is 13.5 Å². The van der Waals surface area contributed by atoms with Gasteiger partial charge in [0.05, 0.1) is 5.39 Å². The van der Waals surface area contributed by atoms with Crippen molar-refractivity contribution in [3.63, 3.8) is 0 Å². The highest BCUT2D eigenvalue weighted by Gasteiger charge is 2.36. The maximum Gasteiger partial charge on any atom is 0.137 e. The number of hydrogen-bond acceptors (Lipinski definition) is 1. The minimum absolute atomic E-state index is 0.109. The van der Waals surface area contributed by atoms with E-state index < -0.39 is 5.82 Å². The summed E-state index contributed by atoms with van der Waals surface area (Å²) in [5, 5.41) is 0.677. The molecule has 29 heavy (non-hydrogen) atoms. The van der Waals surface area contributed by atoms with E-state index in [1.807, 2.05) is 31.2 Å². The van der Waals surface area contributed by atoms with Gasteiger partial charge in [0.15, 0.2) is 0 Å². The molecule has 1 nitrogen and oxygen atoms in total. The quantitative estimate of drug-likeness (QED) is 0.467. The lowest BCUT2D eigenvalue weighted by Gasteiger charge is -2.42. The van der Waals surface area contributed by atoms with Crippen molar-refractivity contribution in [2.24, 2.45) is 17.8 Å². The normalized spacial score (nSPS) is 27.3. The van der Waals surface area contributed by atoms with Crippen LogP contribution in [0.25, 0.3) is 10.8 Å². The van der Waals surface area contributed by atoms with Crippen molar-refractivity contribution in [2.45, 2.75) is 64.7 Å². The lowest BCUT2D eigenvalue weighted by atomic mass is 9.63. The van der Waals surface area contributed by atoms with Crippen LogP contribution in [-0.2, 0) is 0 Å². The van der Waals surface area contributed by atoms with Crippen LogP contribution in [0.15, 0.2) is 36.4 Å². The van der Waals surface area contributed by atoms with Crippen LogP contribution >= 0.6 is 0 Å². The Morgan fingerprint density at radius 3 is 2.62 bits per heavy atom. The van der Waals surface area contributed by atoms with E-state index in [-0.39, 0.29) is 17.1 Å². The van der Waals surface area contributed by atoms with E-state index in [0.717, 1.165) is 24.7 Å². The monoisotopic (exact) mass is 398 g/mol. The number of hydrogen-bond donors (Lipinski definition) is 0. The topological polar surface area (TPSA) is 9.23 Å². The molecule has 2 aliphatic carbocycles. The van der Waals surface area contributed by atoms with Crippen LogP contribution in [0.1, 0.15) is 70.3 Å². The first-order valence-electron chi connectivity index (χ1n) is 11.3. The molecular formula is C26H32F2O. The minimum atomic E-state index is -0.533. The summed E-state index contributed by atoms with van der Waals surface area (Å²) in [5.41, 5.74) is 0.704. The van der Waals surface area contributed by atoms with Gasteiger partial charge in [0, 0.05) is 6.07 Å². The molecule has 2 saturated carbocycles. The van der Waals surface area contributed by atoms with Gasteiger partial charge in [-0.3, -0.25) is 0 Å². The predicted molar refractivity (Wildman–Crippen MR) is 115 cm³/mol. The lowest BCUT2D eigenvalue weighted by molar-refractivity contribution is 0.116. The van der Waals surface area contributed by atoms with Crippen LogP contribution in [0.5, 0.6) is 5.75 Å². The highest BCUT2D eigenvalue weighted by Crippen LogP contribution is 2.49. The zero-order valence-corrected chi connectivity index (χ0v) is 17.6. The van der Waals surface area contributed by atoms with E-state index in [9.17, 15) is 4.39 Å². The van der Waals surface area contributed by atoms with Crippen LogP contribution in [0.2, 0.25) is 0 Å². The Kier molecular flexibility index (Phi) is 6.22. The third-order valence-electron chi connectivity index (χ3n) is 7.33. The zero-order valence-electron chi connectivity index (χ0n) is 17.6. The van der Waals surface area contributed by atoms with E-state index in [2.05, 4.69) is 6.92 Å². The van der Waals surface area contributed by atoms with Crippen LogP contribution < -0.4 is 4.74 Å². The molecule has 0 heterocycles. The van der Waals surface area contributed by atoms with E-state index in [1.54, 1.807) is 6.07 Å². The van der Waals surface area contributed by atoms with Gasteiger partial charge in [-0.15, -0.1) is 0 Å². The van der Waals surface area contributed by atoms with E-state index in [1.165, 1.54) is 38.2 Å². The van der Waals surface area contributed by atoms with Gasteiger partial charge < -0.3 is 4.74 Å². The van der Waals surface area contributed by atoms with Gasteiger partial charge in [-0.2, -0.15) is 0 Å². The summed E-state index contributed by atoms with van der Waals surface area (Å²) in [6, 6.07) is 6.79. The molecule has 0 spiro atoms. The fraction of sp³-hybridized carbons (Fsp3) is 0.538. The Balaban J connectivity index is 1.56. The van der Waals surface area contributed by atoms with Crippen molar-refractivity contribution >= 4 is 10.8 Å². The first-order valence-corrected chi connectivity index (χ1v) is 11.3.